The van der Waals surface area contributed by atoms with Gasteiger partial charge in [0.1, 0.15) is 0 Å². The van der Waals surface area contributed by atoms with Crippen molar-refractivity contribution in [3.05, 3.63) is 35.9 Å². The molecule has 1 aromatic rings. The van der Waals surface area contributed by atoms with Crippen LogP contribution < -0.4 is 0 Å². The monoisotopic (exact) mass is 263 g/mol. The van der Waals surface area contributed by atoms with Crippen LogP contribution in [-0.2, 0) is 11.2 Å². The molecule has 1 saturated heterocycles. The first-order valence-corrected chi connectivity index (χ1v) is 7.24. The zero-order valence-electron chi connectivity index (χ0n) is 11.8. The van der Waals surface area contributed by atoms with Crippen LogP contribution in [-0.4, -0.2) is 49.5 Å². The molecular weight excluding hydrogens is 238 g/mol. The second-order valence-corrected chi connectivity index (χ2v) is 5.51. The van der Waals surface area contributed by atoms with Gasteiger partial charge in [-0.25, -0.2) is 0 Å². The van der Waals surface area contributed by atoms with E-state index in [1.165, 1.54) is 5.56 Å². The van der Waals surface area contributed by atoms with Gasteiger partial charge in [0.05, 0.1) is 6.10 Å². The average molecular weight is 263 g/mol. The fourth-order valence-electron chi connectivity index (χ4n) is 2.62. The van der Waals surface area contributed by atoms with Crippen molar-refractivity contribution in [3.63, 3.8) is 0 Å². The summed E-state index contributed by atoms with van der Waals surface area (Å²) in [4.78, 5) is 2.23. The fraction of sp³-hybridized carbons (Fsp3) is 0.625. The van der Waals surface area contributed by atoms with Crippen LogP contribution in [0.1, 0.15) is 18.4 Å². The van der Waals surface area contributed by atoms with Gasteiger partial charge in [-0.1, -0.05) is 30.3 Å². The first kappa shape index (κ1) is 14.5. The number of hydrogen-bond acceptors (Lipinski definition) is 3. The van der Waals surface area contributed by atoms with Crippen LogP contribution >= 0.6 is 0 Å². The normalized spacial score (nSPS) is 18.7. The number of nitrogens with zero attached hydrogens (tertiary/aromatic N) is 1. The van der Waals surface area contributed by atoms with Crippen molar-refractivity contribution >= 4 is 0 Å². The van der Waals surface area contributed by atoms with Gasteiger partial charge < -0.3 is 14.7 Å². The molecule has 0 saturated carbocycles. The number of aliphatic hydroxyl groups is 1. The molecule has 1 aliphatic heterocycles. The lowest BCUT2D eigenvalue weighted by atomic mass is 9.93. The van der Waals surface area contributed by atoms with Gasteiger partial charge in [-0.15, -0.1) is 0 Å². The molecule has 3 nitrogen and oxygen atoms in total. The summed E-state index contributed by atoms with van der Waals surface area (Å²) in [5, 5.41) is 10.2. The third kappa shape index (κ3) is 4.94. The maximum atomic E-state index is 10.2. The minimum absolute atomic E-state index is 0.218. The number of rotatable bonds is 6. The van der Waals surface area contributed by atoms with Crippen LogP contribution in [0.15, 0.2) is 30.3 Å². The largest absolute Gasteiger partial charge is 0.392 e. The third-order valence-electron chi connectivity index (χ3n) is 3.93. The number of likely N-dealkylation sites (N-methyl/N-ethyl adjacent to an activating group) is 1. The maximum Gasteiger partial charge on any atom is 0.0696 e. The summed E-state index contributed by atoms with van der Waals surface area (Å²) in [5.74, 6) is 0.410. The summed E-state index contributed by atoms with van der Waals surface area (Å²) in [7, 11) is 2.09. The molecule has 3 heteroatoms. The van der Waals surface area contributed by atoms with E-state index in [9.17, 15) is 5.11 Å². The quantitative estimate of drug-likeness (QED) is 0.851. The van der Waals surface area contributed by atoms with Crippen molar-refractivity contribution in [3.8, 4) is 0 Å². The number of hydrogen-bond donors (Lipinski definition) is 1. The van der Waals surface area contributed by atoms with Gasteiger partial charge in [-0.2, -0.15) is 0 Å². The van der Waals surface area contributed by atoms with Crippen molar-refractivity contribution in [2.75, 3.05) is 33.4 Å². The molecule has 0 aromatic heterocycles. The van der Waals surface area contributed by atoms with E-state index in [2.05, 4.69) is 36.2 Å². The Hall–Kier alpha value is -0.900. The van der Waals surface area contributed by atoms with Gasteiger partial charge in [-0.05, 0) is 37.8 Å². The average Bonchev–Trinajstić information content (AvgIpc) is 2.47. The predicted octanol–water partition coefficient (Wildman–Crippen LogP) is 1.95. The van der Waals surface area contributed by atoms with E-state index >= 15 is 0 Å². The molecule has 1 aromatic carbocycles. The summed E-state index contributed by atoms with van der Waals surface area (Å²) >= 11 is 0. The van der Waals surface area contributed by atoms with Crippen molar-refractivity contribution in [1.82, 2.24) is 4.90 Å². The zero-order chi connectivity index (χ0) is 13.5. The number of aliphatic hydroxyl groups excluding tert-OH is 1. The van der Waals surface area contributed by atoms with Gasteiger partial charge in [0.25, 0.3) is 0 Å². The van der Waals surface area contributed by atoms with E-state index < -0.39 is 0 Å². The Morgan fingerprint density at radius 1 is 1.26 bits per heavy atom. The third-order valence-corrected chi connectivity index (χ3v) is 3.93. The van der Waals surface area contributed by atoms with E-state index in [-0.39, 0.29) is 6.10 Å². The highest BCUT2D eigenvalue weighted by Crippen LogP contribution is 2.19. The van der Waals surface area contributed by atoms with Crippen LogP contribution in [0, 0.1) is 5.92 Å². The maximum absolute atomic E-state index is 10.2. The van der Waals surface area contributed by atoms with Crippen LogP contribution in [0.4, 0.5) is 0 Å². The standard InChI is InChI=1S/C16H25NO2/c1-17(10-7-14-5-3-2-4-6-14)13-16(18)15-8-11-19-12-9-15/h2-6,15-16,18H,7-13H2,1H3. The Morgan fingerprint density at radius 3 is 2.63 bits per heavy atom. The Kier molecular flexibility index (Phi) is 5.83. The molecule has 2 rings (SSSR count). The summed E-state index contributed by atoms with van der Waals surface area (Å²) in [5.41, 5.74) is 1.36. The van der Waals surface area contributed by atoms with Gasteiger partial charge in [0.2, 0.25) is 0 Å². The number of benzene rings is 1. The Labute approximate surface area is 116 Å². The topological polar surface area (TPSA) is 32.7 Å². The molecular formula is C16H25NO2. The van der Waals surface area contributed by atoms with Crippen LogP contribution in [0.2, 0.25) is 0 Å². The SMILES string of the molecule is CN(CCc1ccccc1)CC(O)C1CCOCC1. The molecule has 1 N–H and O–H groups in total. The first-order chi connectivity index (χ1) is 9.25. The highest BCUT2D eigenvalue weighted by atomic mass is 16.5. The smallest absolute Gasteiger partial charge is 0.0696 e. The molecule has 0 bridgehead atoms. The fourth-order valence-corrected chi connectivity index (χ4v) is 2.62. The molecule has 0 aliphatic carbocycles. The van der Waals surface area contributed by atoms with E-state index in [4.69, 9.17) is 4.74 Å². The van der Waals surface area contributed by atoms with Crippen molar-refractivity contribution in [1.29, 1.82) is 0 Å². The zero-order valence-corrected chi connectivity index (χ0v) is 11.8. The second kappa shape index (κ2) is 7.63. The lowest BCUT2D eigenvalue weighted by Crippen LogP contribution is -2.37. The van der Waals surface area contributed by atoms with Crippen molar-refractivity contribution < 1.29 is 9.84 Å². The molecule has 0 amide bonds. The van der Waals surface area contributed by atoms with Gasteiger partial charge in [-0.3, -0.25) is 0 Å². The minimum atomic E-state index is -0.218. The molecule has 1 atom stereocenters. The molecule has 19 heavy (non-hydrogen) atoms. The summed E-state index contributed by atoms with van der Waals surface area (Å²) < 4.78 is 5.34. The summed E-state index contributed by atoms with van der Waals surface area (Å²) in [6.45, 7) is 3.35. The second-order valence-electron chi connectivity index (χ2n) is 5.51. The predicted molar refractivity (Wildman–Crippen MR) is 77.2 cm³/mol. The van der Waals surface area contributed by atoms with E-state index in [0.29, 0.717) is 5.92 Å². The number of ether oxygens (including phenoxy) is 1. The van der Waals surface area contributed by atoms with E-state index in [1.54, 1.807) is 0 Å². The van der Waals surface area contributed by atoms with Crippen molar-refractivity contribution in [2.24, 2.45) is 5.92 Å². The highest BCUT2D eigenvalue weighted by molar-refractivity contribution is 5.14. The lowest BCUT2D eigenvalue weighted by Gasteiger charge is -2.29. The first-order valence-electron chi connectivity index (χ1n) is 7.24. The minimum Gasteiger partial charge on any atom is -0.392 e. The summed E-state index contributed by atoms with van der Waals surface area (Å²) in [6, 6.07) is 10.5. The van der Waals surface area contributed by atoms with Crippen LogP contribution in [0.5, 0.6) is 0 Å². The van der Waals surface area contributed by atoms with Gasteiger partial charge in [0, 0.05) is 26.3 Å². The molecule has 1 heterocycles. The van der Waals surface area contributed by atoms with Crippen LogP contribution in [0.25, 0.3) is 0 Å². The Bertz CT molecular complexity index is 349. The lowest BCUT2D eigenvalue weighted by molar-refractivity contribution is -0.00312. The van der Waals surface area contributed by atoms with Gasteiger partial charge >= 0.3 is 0 Å². The molecule has 0 spiro atoms. The molecule has 1 unspecified atom stereocenters. The van der Waals surface area contributed by atoms with Gasteiger partial charge in [0.15, 0.2) is 0 Å². The Balaban J connectivity index is 1.70. The van der Waals surface area contributed by atoms with E-state index in [0.717, 1.165) is 45.6 Å². The Morgan fingerprint density at radius 2 is 1.95 bits per heavy atom. The molecule has 1 fully saturated rings. The molecule has 106 valence electrons. The molecule has 0 radical (unpaired) electrons. The highest BCUT2D eigenvalue weighted by Gasteiger charge is 2.22. The van der Waals surface area contributed by atoms with Crippen LogP contribution in [0.3, 0.4) is 0 Å². The van der Waals surface area contributed by atoms with E-state index in [1.807, 2.05) is 6.07 Å². The summed E-state index contributed by atoms with van der Waals surface area (Å²) in [6.07, 6.45) is 2.81. The van der Waals surface area contributed by atoms with Crippen molar-refractivity contribution in [2.45, 2.75) is 25.4 Å². The molecule has 1 aliphatic rings.